The highest BCUT2D eigenvalue weighted by Crippen LogP contribution is 2.27. The number of hydrogen-bond donors (Lipinski definition) is 1. The standard InChI is InChI=1S/C19H23F3N2O3S/c20-19(21,22)18(25)24-11-9-15-6-7-17(12-16(15)13-24)28(26,27)23-10-8-14-4-2-1-3-5-14/h4,6-7,12,23H,1-3,5,8-11,13H2. The first-order chi connectivity index (χ1) is 13.2. The molecule has 3 rings (SSSR count). The summed E-state index contributed by atoms with van der Waals surface area (Å²) in [5, 5.41) is 0. The molecule has 154 valence electrons. The number of carbonyl (C=O) groups excluding carboxylic acids is 1. The van der Waals surface area contributed by atoms with Gasteiger partial charge >= 0.3 is 12.1 Å². The molecule has 1 aliphatic carbocycles. The average Bonchev–Trinajstić information content (AvgIpc) is 2.66. The second kappa shape index (κ2) is 8.24. The summed E-state index contributed by atoms with van der Waals surface area (Å²) in [6, 6.07) is 4.44. The fraction of sp³-hybridized carbons (Fsp3) is 0.526. The molecule has 5 nitrogen and oxygen atoms in total. The predicted molar refractivity (Wildman–Crippen MR) is 98.0 cm³/mol. The Hall–Kier alpha value is -1.87. The molecule has 0 aromatic heterocycles. The second-order valence-corrected chi connectivity index (χ2v) is 8.93. The van der Waals surface area contributed by atoms with Gasteiger partial charge in [0.05, 0.1) is 4.90 Å². The molecule has 0 atom stereocenters. The molecule has 1 aromatic rings. The zero-order valence-corrected chi connectivity index (χ0v) is 16.2. The molecule has 1 aromatic carbocycles. The lowest BCUT2D eigenvalue weighted by molar-refractivity contribution is -0.186. The third-order valence-corrected chi connectivity index (χ3v) is 6.61. The third kappa shape index (κ3) is 4.94. The number of amides is 1. The Bertz CT molecular complexity index is 879. The molecular weight excluding hydrogens is 393 g/mol. The lowest BCUT2D eigenvalue weighted by atomic mass is 9.97. The Labute approximate surface area is 162 Å². The molecule has 28 heavy (non-hydrogen) atoms. The van der Waals surface area contributed by atoms with Gasteiger partial charge in [0.25, 0.3) is 0 Å². The highest BCUT2D eigenvalue weighted by molar-refractivity contribution is 7.89. The van der Waals surface area contributed by atoms with E-state index in [1.54, 1.807) is 6.07 Å². The first-order valence-electron chi connectivity index (χ1n) is 9.32. The number of halogens is 3. The number of carbonyl (C=O) groups is 1. The van der Waals surface area contributed by atoms with Gasteiger partial charge in [-0.2, -0.15) is 13.2 Å². The molecule has 1 amide bonds. The summed E-state index contributed by atoms with van der Waals surface area (Å²) in [6.45, 7) is -0.00133. The molecule has 9 heteroatoms. The number of alkyl halides is 3. The Morgan fingerprint density at radius 3 is 2.61 bits per heavy atom. The fourth-order valence-electron chi connectivity index (χ4n) is 3.61. The highest BCUT2D eigenvalue weighted by atomic mass is 32.2. The minimum absolute atomic E-state index is 0.00480. The van der Waals surface area contributed by atoms with Crippen molar-refractivity contribution in [1.29, 1.82) is 0 Å². The number of sulfonamides is 1. The van der Waals surface area contributed by atoms with Crippen molar-refractivity contribution in [3.8, 4) is 0 Å². The van der Waals surface area contributed by atoms with E-state index in [9.17, 15) is 26.4 Å². The van der Waals surface area contributed by atoms with Gasteiger partial charge in [0.2, 0.25) is 10.0 Å². The van der Waals surface area contributed by atoms with E-state index >= 15 is 0 Å². The molecule has 2 aliphatic rings. The van der Waals surface area contributed by atoms with Crippen molar-refractivity contribution in [3.05, 3.63) is 41.0 Å². The number of nitrogens with zero attached hydrogens (tertiary/aromatic N) is 1. The van der Waals surface area contributed by atoms with Crippen molar-refractivity contribution in [3.63, 3.8) is 0 Å². The van der Waals surface area contributed by atoms with Crippen molar-refractivity contribution >= 4 is 15.9 Å². The van der Waals surface area contributed by atoms with E-state index in [2.05, 4.69) is 10.8 Å². The van der Waals surface area contributed by atoms with E-state index in [-0.39, 0.29) is 31.0 Å². The summed E-state index contributed by atoms with van der Waals surface area (Å²) < 4.78 is 65.7. The maximum absolute atomic E-state index is 12.7. The SMILES string of the molecule is O=C(N1CCc2ccc(S(=O)(=O)NCCC3=CCCCC3)cc2C1)C(F)(F)F. The summed E-state index contributed by atoms with van der Waals surface area (Å²) in [7, 11) is -3.76. The second-order valence-electron chi connectivity index (χ2n) is 7.16. The minimum Gasteiger partial charge on any atom is -0.330 e. The van der Waals surface area contributed by atoms with Gasteiger partial charge in [0, 0.05) is 19.6 Å². The summed E-state index contributed by atoms with van der Waals surface area (Å²) in [5.74, 6) is -1.90. The zero-order valence-electron chi connectivity index (χ0n) is 15.4. The van der Waals surface area contributed by atoms with Crippen LogP contribution < -0.4 is 4.72 Å². The van der Waals surface area contributed by atoms with Crippen LogP contribution in [0.2, 0.25) is 0 Å². The molecule has 1 N–H and O–H groups in total. The first kappa shape index (κ1) is 20.9. The highest BCUT2D eigenvalue weighted by Gasteiger charge is 2.43. The molecule has 0 unspecified atom stereocenters. The van der Waals surface area contributed by atoms with Gasteiger partial charge in [0.15, 0.2) is 0 Å². The van der Waals surface area contributed by atoms with Crippen LogP contribution >= 0.6 is 0 Å². The minimum atomic E-state index is -4.93. The number of rotatable bonds is 5. The van der Waals surface area contributed by atoms with Gasteiger partial charge < -0.3 is 4.90 Å². The molecule has 0 saturated heterocycles. The van der Waals surface area contributed by atoms with E-state index in [1.807, 2.05) is 0 Å². The Morgan fingerprint density at radius 1 is 1.14 bits per heavy atom. The smallest absolute Gasteiger partial charge is 0.330 e. The van der Waals surface area contributed by atoms with Crippen LogP contribution in [0, 0.1) is 0 Å². The van der Waals surface area contributed by atoms with Crippen LogP contribution in [0.25, 0.3) is 0 Å². The molecular formula is C19H23F3N2O3S. The van der Waals surface area contributed by atoms with E-state index in [1.165, 1.54) is 17.7 Å². The third-order valence-electron chi connectivity index (χ3n) is 5.15. The van der Waals surface area contributed by atoms with Crippen LogP contribution in [-0.2, 0) is 27.8 Å². The first-order valence-corrected chi connectivity index (χ1v) is 10.8. The molecule has 0 fully saturated rings. The molecule has 0 bridgehead atoms. The zero-order chi connectivity index (χ0) is 20.4. The maximum Gasteiger partial charge on any atom is 0.471 e. The van der Waals surface area contributed by atoms with Crippen molar-refractivity contribution in [2.45, 2.75) is 56.1 Å². The number of fused-ring (bicyclic) bond motifs is 1. The van der Waals surface area contributed by atoms with Crippen LogP contribution in [0.3, 0.4) is 0 Å². The van der Waals surface area contributed by atoms with E-state index in [0.29, 0.717) is 16.9 Å². The number of hydrogen-bond acceptors (Lipinski definition) is 3. The normalized spacial score (nSPS) is 17.8. The lowest BCUT2D eigenvalue weighted by Gasteiger charge is -2.29. The van der Waals surface area contributed by atoms with Crippen LogP contribution in [0.15, 0.2) is 34.7 Å². The summed E-state index contributed by atoms with van der Waals surface area (Å²) in [6.07, 6.45) is 2.44. The number of nitrogens with one attached hydrogen (secondary N) is 1. The van der Waals surface area contributed by atoms with Crippen LogP contribution in [-0.4, -0.2) is 38.5 Å². The molecule has 1 aliphatic heterocycles. The maximum atomic E-state index is 12.7. The molecule has 1 heterocycles. The molecule has 0 spiro atoms. The van der Waals surface area contributed by atoms with Crippen molar-refractivity contribution < 1.29 is 26.4 Å². The Balaban J connectivity index is 1.68. The van der Waals surface area contributed by atoms with E-state index < -0.39 is 22.1 Å². The van der Waals surface area contributed by atoms with Crippen molar-refractivity contribution in [2.24, 2.45) is 0 Å². The largest absolute Gasteiger partial charge is 0.471 e. The molecule has 0 saturated carbocycles. The van der Waals surface area contributed by atoms with Gasteiger partial charge in [-0.3, -0.25) is 4.79 Å². The molecule has 0 radical (unpaired) electrons. The van der Waals surface area contributed by atoms with Gasteiger partial charge in [-0.1, -0.05) is 17.7 Å². The van der Waals surface area contributed by atoms with Gasteiger partial charge in [-0.15, -0.1) is 0 Å². The van der Waals surface area contributed by atoms with Crippen molar-refractivity contribution in [1.82, 2.24) is 9.62 Å². The van der Waals surface area contributed by atoms with Crippen LogP contribution in [0.5, 0.6) is 0 Å². The van der Waals surface area contributed by atoms with Crippen molar-refractivity contribution in [2.75, 3.05) is 13.1 Å². The van der Waals surface area contributed by atoms with Crippen LogP contribution in [0.1, 0.15) is 43.2 Å². The monoisotopic (exact) mass is 416 g/mol. The Kier molecular flexibility index (Phi) is 6.14. The Morgan fingerprint density at radius 2 is 1.93 bits per heavy atom. The summed E-state index contributed by atoms with van der Waals surface area (Å²) >= 11 is 0. The van der Waals surface area contributed by atoms with Gasteiger partial charge in [0.1, 0.15) is 0 Å². The van der Waals surface area contributed by atoms with E-state index in [0.717, 1.165) is 31.2 Å². The van der Waals surface area contributed by atoms with Gasteiger partial charge in [-0.05, 0) is 61.8 Å². The van der Waals surface area contributed by atoms with E-state index in [4.69, 9.17) is 0 Å². The number of benzene rings is 1. The lowest BCUT2D eigenvalue weighted by Crippen LogP contribution is -2.43. The topological polar surface area (TPSA) is 66.5 Å². The summed E-state index contributed by atoms with van der Waals surface area (Å²) in [4.78, 5) is 12.2. The fourth-order valence-corrected chi connectivity index (χ4v) is 4.70. The quantitative estimate of drug-likeness (QED) is 0.749. The number of allylic oxidation sites excluding steroid dienone is 1. The average molecular weight is 416 g/mol. The van der Waals surface area contributed by atoms with Crippen LogP contribution in [0.4, 0.5) is 13.2 Å². The summed E-state index contributed by atoms with van der Waals surface area (Å²) in [5.41, 5.74) is 2.44. The van der Waals surface area contributed by atoms with Gasteiger partial charge in [-0.25, -0.2) is 13.1 Å². The predicted octanol–water partition coefficient (Wildman–Crippen LogP) is 3.30.